The van der Waals surface area contributed by atoms with E-state index in [2.05, 4.69) is 0 Å². The van der Waals surface area contributed by atoms with Crippen LogP contribution in [0.3, 0.4) is 0 Å². The van der Waals surface area contributed by atoms with Gasteiger partial charge in [0.25, 0.3) is 0 Å². The quantitative estimate of drug-likeness (QED) is 0.595. The molecule has 1 rings (SSSR count). The van der Waals surface area contributed by atoms with Crippen molar-refractivity contribution < 1.29 is 14.6 Å². The summed E-state index contributed by atoms with van der Waals surface area (Å²) in [4.78, 5) is 0. The first kappa shape index (κ1) is 11.2. The highest BCUT2D eigenvalue weighted by atomic mass is 16.4. The molecule has 14 heavy (non-hydrogen) atoms. The highest BCUT2D eigenvalue weighted by molar-refractivity contribution is 5.09. The molecule has 4 N–H and O–H groups in total. The summed E-state index contributed by atoms with van der Waals surface area (Å²) in [7, 11) is 0. The van der Waals surface area contributed by atoms with Crippen molar-refractivity contribution >= 4 is 0 Å². The lowest BCUT2D eigenvalue weighted by Gasteiger charge is -2.07. The second-order valence-corrected chi connectivity index (χ2v) is 3.29. The van der Waals surface area contributed by atoms with E-state index in [1.165, 1.54) is 0 Å². The number of unbranched alkanes of at least 4 members (excludes halogenated alkanes) is 1. The molecule has 0 amide bonds. The van der Waals surface area contributed by atoms with Gasteiger partial charge in [0.15, 0.2) is 0 Å². The van der Waals surface area contributed by atoms with Gasteiger partial charge in [0, 0.05) is 6.61 Å². The van der Waals surface area contributed by atoms with Crippen molar-refractivity contribution in [3.63, 3.8) is 0 Å². The van der Waals surface area contributed by atoms with Crippen molar-refractivity contribution in [3.05, 3.63) is 23.7 Å². The Hall–Kier alpha value is -0.840. The Morgan fingerprint density at radius 1 is 1.29 bits per heavy atom. The molecule has 0 saturated heterocycles. The van der Waals surface area contributed by atoms with Crippen LogP contribution >= 0.6 is 0 Å². The van der Waals surface area contributed by atoms with Gasteiger partial charge in [-0.2, -0.15) is 0 Å². The fraction of sp³-hybridized carbons (Fsp3) is 0.600. The summed E-state index contributed by atoms with van der Waals surface area (Å²) in [6, 6.07) is 3.37. The molecule has 0 bridgehead atoms. The van der Waals surface area contributed by atoms with E-state index in [0.717, 1.165) is 19.3 Å². The summed E-state index contributed by atoms with van der Waals surface area (Å²) in [5.41, 5.74) is 5.85. The molecule has 4 heteroatoms. The molecule has 1 aromatic heterocycles. The summed E-state index contributed by atoms with van der Waals surface area (Å²) >= 11 is 0. The van der Waals surface area contributed by atoms with E-state index in [1.54, 1.807) is 12.1 Å². The van der Waals surface area contributed by atoms with Gasteiger partial charge in [-0.05, 0) is 31.4 Å². The van der Waals surface area contributed by atoms with E-state index in [9.17, 15) is 0 Å². The second kappa shape index (κ2) is 5.80. The lowest BCUT2D eigenvalue weighted by atomic mass is 10.1. The molecule has 0 aliphatic rings. The van der Waals surface area contributed by atoms with Gasteiger partial charge >= 0.3 is 0 Å². The third kappa shape index (κ3) is 3.14. The van der Waals surface area contributed by atoms with Crippen molar-refractivity contribution in [3.8, 4) is 0 Å². The molecule has 4 nitrogen and oxygen atoms in total. The second-order valence-electron chi connectivity index (χ2n) is 3.29. The van der Waals surface area contributed by atoms with Crippen LogP contribution in [0.1, 0.15) is 36.8 Å². The Morgan fingerprint density at radius 3 is 2.64 bits per heavy atom. The molecule has 0 fully saturated rings. The normalized spacial score (nSPS) is 13.1. The predicted octanol–water partition coefficient (Wildman–Crippen LogP) is 0.934. The average Bonchev–Trinajstić information content (AvgIpc) is 2.66. The van der Waals surface area contributed by atoms with Gasteiger partial charge in [-0.3, -0.25) is 0 Å². The van der Waals surface area contributed by atoms with Gasteiger partial charge in [-0.25, -0.2) is 0 Å². The number of nitrogens with two attached hydrogens (primary N) is 1. The highest BCUT2D eigenvalue weighted by Crippen LogP contribution is 2.19. The number of aliphatic hydroxyl groups is 2. The van der Waals surface area contributed by atoms with Crippen molar-refractivity contribution in [2.75, 3.05) is 6.61 Å². The van der Waals surface area contributed by atoms with Gasteiger partial charge in [0.05, 0.1) is 6.04 Å². The highest BCUT2D eigenvalue weighted by Gasteiger charge is 2.09. The summed E-state index contributed by atoms with van der Waals surface area (Å²) < 4.78 is 5.29. The Labute approximate surface area is 83.3 Å². The van der Waals surface area contributed by atoms with Crippen LogP contribution in [0.4, 0.5) is 0 Å². The third-order valence-corrected chi connectivity index (χ3v) is 2.13. The zero-order chi connectivity index (χ0) is 10.4. The fourth-order valence-corrected chi connectivity index (χ4v) is 1.30. The van der Waals surface area contributed by atoms with E-state index in [0.29, 0.717) is 11.5 Å². The van der Waals surface area contributed by atoms with E-state index in [4.69, 9.17) is 20.4 Å². The topological polar surface area (TPSA) is 79.6 Å². The average molecular weight is 199 g/mol. The molecule has 80 valence electrons. The van der Waals surface area contributed by atoms with Crippen molar-refractivity contribution in [1.82, 2.24) is 0 Å². The first-order valence-corrected chi connectivity index (χ1v) is 4.84. The van der Waals surface area contributed by atoms with E-state index in [1.807, 2.05) is 0 Å². The predicted molar refractivity (Wildman–Crippen MR) is 52.5 cm³/mol. The smallest absolute Gasteiger partial charge is 0.129 e. The number of rotatable bonds is 6. The Bertz CT molecular complexity index is 260. The number of aliphatic hydroxyl groups excluding tert-OH is 2. The van der Waals surface area contributed by atoms with Gasteiger partial charge in [-0.15, -0.1) is 0 Å². The van der Waals surface area contributed by atoms with Gasteiger partial charge < -0.3 is 20.4 Å². The van der Waals surface area contributed by atoms with Gasteiger partial charge in [0.1, 0.15) is 18.1 Å². The maximum absolute atomic E-state index is 8.78. The molecule has 0 spiro atoms. The lowest BCUT2D eigenvalue weighted by molar-refractivity contribution is 0.240. The minimum atomic E-state index is -0.137. The standard InChI is InChI=1S/C10H17NO3/c11-9(3-1-2-6-12)10-5-4-8(7-13)14-10/h4-5,9,12-13H,1-3,6-7,11H2/t9-/m1/s1. The van der Waals surface area contributed by atoms with Crippen LogP contribution in [0.15, 0.2) is 16.5 Å². The Balaban J connectivity index is 2.39. The lowest BCUT2D eigenvalue weighted by Crippen LogP contribution is -2.09. The fourth-order valence-electron chi connectivity index (χ4n) is 1.30. The SMILES string of the molecule is N[C@H](CCCCO)c1ccc(CO)o1. The van der Waals surface area contributed by atoms with Crippen LogP contribution in [0.25, 0.3) is 0 Å². The van der Waals surface area contributed by atoms with Crippen LogP contribution in [0.2, 0.25) is 0 Å². The monoisotopic (exact) mass is 199 g/mol. The van der Waals surface area contributed by atoms with Crippen LogP contribution in [0.5, 0.6) is 0 Å². The van der Waals surface area contributed by atoms with Gasteiger partial charge in [-0.1, -0.05) is 0 Å². The number of furan rings is 1. The largest absolute Gasteiger partial charge is 0.462 e. The molecule has 0 radical (unpaired) electrons. The molecular weight excluding hydrogens is 182 g/mol. The minimum Gasteiger partial charge on any atom is -0.462 e. The molecule has 1 aromatic rings. The van der Waals surface area contributed by atoms with Crippen molar-refractivity contribution in [2.45, 2.75) is 31.9 Å². The van der Waals surface area contributed by atoms with Crippen molar-refractivity contribution in [1.29, 1.82) is 0 Å². The molecule has 1 heterocycles. The van der Waals surface area contributed by atoms with Crippen molar-refractivity contribution in [2.24, 2.45) is 5.73 Å². The zero-order valence-electron chi connectivity index (χ0n) is 8.15. The molecule has 0 aliphatic carbocycles. The van der Waals surface area contributed by atoms with E-state index < -0.39 is 0 Å². The third-order valence-electron chi connectivity index (χ3n) is 2.13. The zero-order valence-corrected chi connectivity index (χ0v) is 8.15. The Morgan fingerprint density at radius 2 is 2.07 bits per heavy atom. The summed E-state index contributed by atoms with van der Waals surface area (Å²) in [5.74, 6) is 1.24. The maximum atomic E-state index is 8.78. The molecule has 0 aliphatic heterocycles. The summed E-state index contributed by atoms with van der Waals surface area (Å²) in [6.07, 6.45) is 2.44. The van der Waals surface area contributed by atoms with Crippen LogP contribution in [-0.2, 0) is 6.61 Å². The minimum absolute atomic E-state index is 0.0939. The molecular formula is C10H17NO3. The number of hydrogen-bond donors (Lipinski definition) is 3. The van der Waals surface area contributed by atoms with Crippen LogP contribution < -0.4 is 5.73 Å². The summed E-state index contributed by atoms with van der Waals surface area (Å²) in [6.45, 7) is 0.107. The maximum Gasteiger partial charge on any atom is 0.129 e. The summed E-state index contributed by atoms with van der Waals surface area (Å²) in [5, 5.41) is 17.4. The van der Waals surface area contributed by atoms with Gasteiger partial charge in [0.2, 0.25) is 0 Å². The van der Waals surface area contributed by atoms with E-state index >= 15 is 0 Å². The van der Waals surface area contributed by atoms with Crippen LogP contribution in [-0.4, -0.2) is 16.8 Å². The van der Waals surface area contributed by atoms with Crippen LogP contribution in [0, 0.1) is 0 Å². The molecule has 1 atom stereocenters. The molecule has 0 saturated carbocycles. The molecule has 0 aromatic carbocycles. The molecule has 0 unspecified atom stereocenters. The Kier molecular flexibility index (Phi) is 4.65. The number of hydrogen-bond acceptors (Lipinski definition) is 4. The first-order chi connectivity index (χ1) is 6.77. The van der Waals surface area contributed by atoms with E-state index in [-0.39, 0.29) is 19.3 Å². The first-order valence-electron chi connectivity index (χ1n) is 4.84.